The lowest BCUT2D eigenvalue weighted by Gasteiger charge is -2.22. The van der Waals surface area contributed by atoms with Crippen molar-refractivity contribution in [1.29, 1.82) is 0 Å². The van der Waals surface area contributed by atoms with E-state index < -0.39 is 4.92 Å². The Kier molecular flexibility index (Phi) is 6.21. The lowest BCUT2D eigenvalue weighted by atomic mass is 10.1. The van der Waals surface area contributed by atoms with Gasteiger partial charge in [0.1, 0.15) is 0 Å². The molecule has 0 fully saturated rings. The molecular weight excluding hydrogens is 268 g/mol. The van der Waals surface area contributed by atoms with Crippen molar-refractivity contribution in [1.82, 2.24) is 4.90 Å². The highest BCUT2D eigenvalue weighted by Crippen LogP contribution is 2.27. The third kappa shape index (κ3) is 4.45. The van der Waals surface area contributed by atoms with Crippen molar-refractivity contribution in [3.63, 3.8) is 0 Å². The number of aliphatic hydroxyl groups excluding tert-OH is 1. The molecule has 0 bridgehead atoms. The second-order valence-electron chi connectivity index (χ2n) is 4.39. The van der Waals surface area contributed by atoms with Crippen molar-refractivity contribution in [3.8, 4) is 0 Å². The fourth-order valence-electron chi connectivity index (χ4n) is 1.87. The largest absolute Gasteiger partial charge is 0.395 e. The summed E-state index contributed by atoms with van der Waals surface area (Å²) < 4.78 is 0. The number of nitrogens with zero attached hydrogens (tertiary/aromatic N) is 2. The molecule has 0 aromatic heterocycles. The van der Waals surface area contributed by atoms with Crippen LogP contribution in [0.2, 0.25) is 0 Å². The number of aryl methyl sites for hydroxylation is 1. The standard InChI is InChI=1S/C13H19ClN2O3/c1-3-15(6-7-17)9-12(14)11-5-4-10(2)13(8-11)16(18)19/h4-5,8,12,17H,3,6-7,9H2,1-2H3. The molecule has 0 heterocycles. The van der Waals surface area contributed by atoms with Gasteiger partial charge >= 0.3 is 0 Å². The summed E-state index contributed by atoms with van der Waals surface area (Å²) in [5.74, 6) is 0. The van der Waals surface area contributed by atoms with Gasteiger partial charge in [0, 0.05) is 24.7 Å². The normalized spacial score (nSPS) is 12.7. The van der Waals surface area contributed by atoms with Gasteiger partial charge in [0.05, 0.1) is 16.9 Å². The number of hydrogen-bond acceptors (Lipinski definition) is 4. The highest BCUT2D eigenvalue weighted by atomic mass is 35.5. The summed E-state index contributed by atoms with van der Waals surface area (Å²) in [7, 11) is 0. The molecule has 0 aliphatic carbocycles. The Morgan fingerprint density at radius 3 is 2.74 bits per heavy atom. The van der Waals surface area contributed by atoms with E-state index in [1.807, 2.05) is 17.9 Å². The van der Waals surface area contributed by atoms with E-state index in [0.717, 1.165) is 12.1 Å². The molecule has 6 heteroatoms. The lowest BCUT2D eigenvalue weighted by molar-refractivity contribution is -0.385. The fourth-order valence-corrected chi connectivity index (χ4v) is 2.20. The monoisotopic (exact) mass is 286 g/mol. The van der Waals surface area contributed by atoms with Gasteiger partial charge in [0.2, 0.25) is 0 Å². The summed E-state index contributed by atoms with van der Waals surface area (Å²) in [6, 6.07) is 5.05. The number of halogens is 1. The molecule has 1 aromatic carbocycles. The van der Waals surface area contributed by atoms with Gasteiger partial charge in [-0.1, -0.05) is 19.1 Å². The van der Waals surface area contributed by atoms with E-state index in [0.29, 0.717) is 18.7 Å². The third-order valence-electron chi connectivity index (χ3n) is 3.07. The van der Waals surface area contributed by atoms with Gasteiger partial charge in [-0.05, 0) is 19.0 Å². The van der Waals surface area contributed by atoms with E-state index in [4.69, 9.17) is 16.7 Å². The number of nitro benzene ring substituents is 1. The summed E-state index contributed by atoms with van der Waals surface area (Å²) in [5.41, 5.74) is 1.45. The van der Waals surface area contributed by atoms with Gasteiger partial charge in [0.15, 0.2) is 0 Å². The van der Waals surface area contributed by atoms with E-state index in [9.17, 15) is 10.1 Å². The summed E-state index contributed by atoms with van der Waals surface area (Å²) in [5, 5.41) is 19.5. The minimum atomic E-state index is -0.395. The molecule has 0 saturated heterocycles. The van der Waals surface area contributed by atoms with E-state index in [1.165, 1.54) is 6.07 Å². The van der Waals surface area contributed by atoms with Crippen LogP contribution in [-0.4, -0.2) is 41.2 Å². The van der Waals surface area contributed by atoms with Gasteiger partial charge in [0.25, 0.3) is 5.69 Å². The average molecular weight is 287 g/mol. The van der Waals surface area contributed by atoms with Crippen LogP contribution in [-0.2, 0) is 0 Å². The van der Waals surface area contributed by atoms with Crippen LogP contribution in [0.3, 0.4) is 0 Å². The predicted octanol–water partition coefficient (Wildman–Crippen LogP) is 2.50. The molecule has 0 spiro atoms. The number of rotatable bonds is 7. The molecule has 0 radical (unpaired) electrons. The van der Waals surface area contributed by atoms with Gasteiger partial charge in [-0.15, -0.1) is 11.6 Å². The maximum atomic E-state index is 10.9. The molecule has 5 nitrogen and oxygen atoms in total. The van der Waals surface area contributed by atoms with Crippen LogP contribution >= 0.6 is 11.6 Å². The quantitative estimate of drug-likeness (QED) is 0.475. The number of likely N-dealkylation sites (N-methyl/N-ethyl adjacent to an activating group) is 1. The Labute approximate surface area is 117 Å². The third-order valence-corrected chi connectivity index (χ3v) is 3.46. The van der Waals surface area contributed by atoms with Crippen molar-refractivity contribution in [2.45, 2.75) is 19.2 Å². The van der Waals surface area contributed by atoms with Gasteiger partial charge in [-0.2, -0.15) is 0 Å². The first kappa shape index (κ1) is 15.9. The molecule has 1 atom stereocenters. The van der Waals surface area contributed by atoms with Crippen LogP contribution < -0.4 is 0 Å². The van der Waals surface area contributed by atoms with Gasteiger partial charge in [-0.25, -0.2) is 0 Å². The molecule has 1 rings (SSSR count). The molecule has 106 valence electrons. The van der Waals surface area contributed by atoms with E-state index in [1.54, 1.807) is 13.0 Å². The van der Waals surface area contributed by atoms with Crippen molar-refractivity contribution in [2.75, 3.05) is 26.2 Å². The van der Waals surface area contributed by atoms with Gasteiger partial charge < -0.3 is 5.11 Å². The summed E-state index contributed by atoms with van der Waals surface area (Å²) in [4.78, 5) is 12.5. The maximum absolute atomic E-state index is 10.9. The Bertz CT molecular complexity index is 440. The zero-order valence-electron chi connectivity index (χ0n) is 11.2. The first-order valence-electron chi connectivity index (χ1n) is 6.21. The van der Waals surface area contributed by atoms with E-state index >= 15 is 0 Å². The number of nitro groups is 1. The highest BCUT2D eigenvalue weighted by Gasteiger charge is 2.17. The summed E-state index contributed by atoms with van der Waals surface area (Å²) in [6.45, 7) is 5.64. The second kappa shape index (κ2) is 7.43. The Hall–Kier alpha value is -1.17. The van der Waals surface area contributed by atoms with Crippen molar-refractivity contribution >= 4 is 17.3 Å². The van der Waals surface area contributed by atoms with Crippen molar-refractivity contribution in [3.05, 3.63) is 39.4 Å². The Morgan fingerprint density at radius 2 is 2.21 bits per heavy atom. The molecule has 1 unspecified atom stereocenters. The number of aliphatic hydroxyl groups is 1. The zero-order chi connectivity index (χ0) is 14.4. The van der Waals surface area contributed by atoms with Crippen LogP contribution in [0.1, 0.15) is 23.4 Å². The number of alkyl halides is 1. The first-order valence-corrected chi connectivity index (χ1v) is 6.65. The SMILES string of the molecule is CCN(CCO)CC(Cl)c1ccc(C)c([N+](=O)[O-])c1. The van der Waals surface area contributed by atoms with Crippen LogP contribution in [0.25, 0.3) is 0 Å². The predicted molar refractivity (Wildman–Crippen MR) is 75.6 cm³/mol. The highest BCUT2D eigenvalue weighted by molar-refractivity contribution is 6.21. The minimum absolute atomic E-state index is 0.0749. The fraction of sp³-hybridized carbons (Fsp3) is 0.538. The first-order chi connectivity index (χ1) is 8.99. The summed E-state index contributed by atoms with van der Waals surface area (Å²) in [6.07, 6.45) is 0. The molecular formula is C13H19ClN2O3. The lowest BCUT2D eigenvalue weighted by Crippen LogP contribution is -2.29. The molecule has 0 saturated carbocycles. The molecule has 19 heavy (non-hydrogen) atoms. The number of hydrogen-bond donors (Lipinski definition) is 1. The Morgan fingerprint density at radius 1 is 1.53 bits per heavy atom. The molecule has 1 N–H and O–H groups in total. The van der Waals surface area contributed by atoms with Crippen LogP contribution in [0.4, 0.5) is 5.69 Å². The van der Waals surface area contributed by atoms with Gasteiger partial charge in [-0.3, -0.25) is 15.0 Å². The number of benzene rings is 1. The van der Waals surface area contributed by atoms with E-state index in [-0.39, 0.29) is 17.7 Å². The zero-order valence-corrected chi connectivity index (χ0v) is 11.9. The topological polar surface area (TPSA) is 66.6 Å². The minimum Gasteiger partial charge on any atom is -0.395 e. The van der Waals surface area contributed by atoms with Crippen LogP contribution in [0.5, 0.6) is 0 Å². The second-order valence-corrected chi connectivity index (χ2v) is 4.91. The summed E-state index contributed by atoms with van der Waals surface area (Å²) >= 11 is 6.30. The van der Waals surface area contributed by atoms with E-state index in [2.05, 4.69) is 0 Å². The van der Waals surface area contributed by atoms with Crippen molar-refractivity contribution < 1.29 is 10.0 Å². The smallest absolute Gasteiger partial charge is 0.272 e. The van der Waals surface area contributed by atoms with Crippen molar-refractivity contribution in [2.24, 2.45) is 0 Å². The molecule has 0 aliphatic rings. The molecule has 0 aliphatic heterocycles. The average Bonchev–Trinajstić information content (AvgIpc) is 2.38. The molecule has 1 aromatic rings. The maximum Gasteiger partial charge on any atom is 0.272 e. The molecule has 0 amide bonds. The van der Waals surface area contributed by atoms with Crippen LogP contribution in [0, 0.1) is 17.0 Å². The van der Waals surface area contributed by atoms with Crippen LogP contribution in [0.15, 0.2) is 18.2 Å². The Balaban J connectivity index is 2.84.